The van der Waals surface area contributed by atoms with Crippen LogP contribution in [0, 0.1) is 105 Å². The van der Waals surface area contributed by atoms with Crippen LogP contribution in [0.3, 0.4) is 0 Å². The summed E-state index contributed by atoms with van der Waals surface area (Å²) < 4.78 is 0. The molecule has 8 aliphatic carbocycles. The standard InChI is InChI=1S/C25H42O4.C25H40O4.3CH4/c2*1-5-16-20-13-15(26)8-10-25(20,4)19-9-11-24(3)17(14(2)12-21(27)28)6-7-18(24)22(19)23(16)29;;;/h14-20,22-23,26,29H,5-13H2,1-4H3,(H,27,28);14-20,22,26H,5-13H2,1-4H3,(H,27,28);3*1H4/t14-,15-,16-,17-,18?,19?,20+,22+,23-,24-,25-;14-,15-,16-,17-,18?,19?,20+,22+,24-,25-;;;/m11.../s1. The van der Waals surface area contributed by atoms with Crippen LogP contribution in [0.15, 0.2) is 0 Å². The van der Waals surface area contributed by atoms with Gasteiger partial charge in [0.2, 0.25) is 0 Å². The van der Waals surface area contributed by atoms with Crippen molar-refractivity contribution in [3.8, 4) is 0 Å². The van der Waals surface area contributed by atoms with Crippen molar-refractivity contribution in [2.45, 2.75) is 212 Å². The Morgan fingerprint density at radius 2 is 0.984 bits per heavy atom. The van der Waals surface area contributed by atoms with Gasteiger partial charge in [0.05, 0.1) is 18.3 Å². The van der Waals surface area contributed by atoms with Gasteiger partial charge < -0.3 is 25.5 Å². The van der Waals surface area contributed by atoms with Gasteiger partial charge >= 0.3 is 11.9 Å². The van der Waals surface area contributed by atoms with Crippen molar-refractivity contribution in [1.82, 2.24) is 0 Å². The van der Waals surface area contributed by atoms with Crippen LogP contribution in [-0.2, 0) is 14.4 Å². The molecule has 8 heteroatoms. The Labute approximate surface area is 372 Å². The van der Waals surface area contributed by atoms with Gasteiger partial charge in [-0.1, -0.05) is 84.1 Å². The highest BCUT2D eigenvalue weighted by atomic mass is 16.4. The maximum absolute atomic E-state index is 13.9. The van der Waals surface area contributed by atoms with Gasteiger partial charge in [-0.2, -0.15) is 0 Å². The maximum atomic E-state index is 13.9. The zero-order chi connectivity index (χ0) is 42.3. The normalized spacial score (nSPS) is 49.1. The molecule has 5 N–H and O–H groups in total. The SMILES string of the molecule is C.C.C.CC[C@H]1C(=O)[C@H]2C3CC[C@H]([C@H](C)CC(=O)O)[C@@]3(C)CCC2[C@@]2(C)CC[C@@H](O)C[C@@H]12.CC[C@H]1[C@@H](O)[C@H]2C3CC[C@H]([C@H](C)CC(=O)O)[C@@]3(C)CCC2[C@@]2(C)CC[C@@H](O)C[C@@H]12. The van der Waals surface area contributed by atoms with E-state index in [0.29, 0.717) is 59.0 Å². The first kappa shape index (κ1) is 52.1. The van der Waals surface area contributed by atoms with Gasteiger partial charge in [0.15, 0.2) is 0 Å². The van der Waals surface area contributed by atoms with E-state index in [-0.39, 0.29) is 105 Å². The number of aliphatic hydroxyl groups excluding tert-OH is 3. The Balaban J connectivity index is 0.000000256. The molecule has 354 valence electrons. The summed E-state index contributed by atoms with van der Waals surface area (Å²) in [5.41, 5.74) is 0.661. The first-order valence-electron chi connectivity index (χ1n) is 24.3. The summed E-state index contributed by atoms with van der Waals surface area (Å²) in [7, 11) is 0. The van der Waals surface area contributed by atoms with Gasteiger partial charge in [-0.25, -0.2) is 0 Å². The fourth-order valence-electron chi connectivity index (χ4n) is 18.4. The number of carbonyl (C=O) groups excluding carboxylic acids is 1. The van der Waals surface area contributed by atoms with E-state index in [0.717, 1.165) is 96.3 Å². The minimum absolute atomic E-state index is 0. The number of carboxylic acids is 2. The molecule has 8 aliphatic rings. The Hall–Kier alpha value is -1.51. The van der Waals surface area contributed by atoms with Crippen molar-refractivity contribution < 1.29 is 39.9 Å². The van der Waals surface area contributed by atoms with Crippen LogP contribution in [0.1, 0.15) is 193 Å². The minimum atomic E-state index is -0.700. The van der Waals surface area contributed by atoms with Crippen LogP contribution in [-0.4, -0.2) is 61.6 Å². The number of ketones is 1. The summed E-state index contributed by atoms with van der Waals surface area (Å²) in [4.78, 5) is 36.6. The number of carbonyl (C=O) groups is 3. The van der Waals surface area contributed by atoms with E-state index in [1.165, 1.54) is 6.42 Å². The molecule has 0 aromatic carbocycles. The van der Waals surface area contributed by atoms with E-state index >= 15 is 0 Å². The first-order valence-corrected chi connectivity index (χ1v) is 24.3. The number of fused-ring (bicyclic) bond motifs is 10. The summed E-state index contributed by atoms with van der Waals surface area (Å²) in [5, 5.41) is 51.1. The largest absolute Gasteiger partial charge is 0.481 e. The summed E-state index contributed by atoms with van der Waals surface area (Å²) in [5.74, 6) is 3.89. The molecule has 8 fully saturated rings. The zero-order valence-electron chi connectivity index (χ0n) is 37.5. The van der Waals surface area contributed by atoms with Gasteiger partial charge in [0.25, 0.3) is 0 Å². The molecule has 0 radical (unpaired) electrons. The van der Waals surface area contributed by atoms with Crippen molar-refractivity contribution in [3.05, 3.63) is 0 Å². The number of hydrogen-bond acceptors (Lipinski definition) is 6. The van der Waals surface area contributed by atoms with Crippen molar-refractivity contribution in [3.63, 3.8) is 0 Å². The lowest BCUT2D eigenvalue weighted by Crippen LogP contribution is -2.62. The third-order valence-electron chi connectivity index (χ3n) is 21.0. The maximum Gasteiger partial charge on any atom is 0.303 e. The predicted molar refractivity (Wildman–Crippen MR) is 246 cm³/mol. The molecule has 0 aromatic heterocycles. The van der Waals surface area contributed by atoms with Crippen LogP contribution < -0.4 is 0 Å². The number of rotatable bonds is 8. The van der Waals surface area contributed by atoms with Crippen molar-refractivity contribution in [2.24, 2.45) is 105 Å². The molecular weight excluding hydrogens is 765 g/mol. The average Bonchev–Trinajstić information content (AvgIpc) is 3.70. The van der Waals surface area contributed by atoms with E-state index in [9.17, 15) is 39.9 Å². The van der Waals surface area contributed by atoms with E-state index < -0.39 is 11.9 Å². The van der Waals surface area contributed by atoms with Gasteiger partial charge in [-0.15, -0.1) is 0 Å². The van der Waals surface area contributed by atoms with Gasteiger partial charge in [0, 0.05) is 24.7 Å². The molecule has 8 nitrogen and oxygen atoms in total. The smallest absolute Gasteiger partial charge is 0.303 e. The second-order valence-electron chi connectivity index (χ2n) is 23.2. The van der Waals surface area contributed by atoms with Crippen LogP contribution in [0.25, 0.3) is 0 Å². The third kappa shape index (κ3) is 8.47. The molecule has 8 rings (SSSR count). The van der Waals surface area contributed by atoms with Crippen LogP contribution in [0.5, 0.6) is 0 Å². The predicted octanol–water partition coefficient (Wildman–Crippen LogP) is 11.6. The van der Waals surface area contributed by atoms with Crippen LogP contribution in [0.4, 0.5) is 0 Å². The Morgan fingerprint density at radius 1 is 0.574 bits per heavy atom. The molecule has 0 aromatic rings. The van der Waals surface area contributed by atoms with Crippen LogP contribution in [0.2, 0.25) is 0 Å². The second-order valence-corrected chi connectivity index (χ2v) is 23.2. The molecule has 0 heterocycles. The fraction of sp³-hybridized carbons (Fsp3) is 0.943. The highest BCUT2D eigenvalue weighted by Crippen LogP contribution is 2.71. The zero-order valence-corrected chi connectivity index (χ0v) is 37.5. The molecule has 0 amide bonds. The summed E-state index contributed by atoms with van der Waals surface area (Å²) in [6.45, 7) is 18.3. The Morgan fingerprint density at radius 3 is 1.48 bits per heavy atom. The van der Waals surface area contributed by atoms with E-state index in [1.54, 1.807) is 0 Å². The molecule has 4 unspecified atom stereocenters. The molecule has 0 saturated heterocycles. The first-order chi connectivity index (χ1) is 27.3. The average molecular weight is 859 g/mol. The quantitative estimate of drug-likeness (QED) is 0.162. The Kier molecular flexibility index (Phi) is 16.4. The minimum Gasteiger partial charge on any atom is -0.481 e. The molecule has 21 atom stereocenters. The number of aliphatic hydroxyl groups is 3. The summed E-state index contributed by atoms with van der Waals surface area (Å²) >= 11 is 0. The molecule has 61 heavy (non-hydrogen) atoms. The lowest BCUT2D eigenvalue weighted by atomic mass is 9.41. The molecular formula is C53H94O8. The van der Waals surface area contributed by atoms with Crippen molar-refractivity contribution in [2.75, 3.05) is 0 Å². The van der Waals surface area contributed by atoms with E-state index in [1.807, 2.05) is 0 Å². The molecule has 8 saturated carbocycles. The van der Waals surface area contributed by atoms with Crippen molar-refractivity contribution in [1.29, 1.82) is 0 Å². The third-order valence-corrected chi connectivity index (χ3v) is 21.0. The lowest BCUT2D eigenvalue weighted by molar-refractivity contribution is -0.203. The second kappa shape index (κ2) is 19.1. The summed E-state index contributed by atoms with van der Waals surface area (Å²) in [6, 6.07) is 0. The van der Waals surface area contributed by atoms with Gasteiger partial charge in [-0.05, 0) is 189 Å². The van der Waals surface area contributed by atoms with E-state index in [4.69, 9.17) is 0 Å². The molecule has 0 aliphatic heterocycles. The summed E-state index contributed by atoms with van der Waals surface area (Å²) in [6.07, 6.45) is 16.2. The topological polar surface area (TPSA) is 152 Å². The van der Waals surface area contributed by atoms with Crippen LogP contribution >= 0.6 is 0 Å². The fourth-order valence-corrected chi connectivity index (χ4v) is 18.4. The highest BCUT2D eigenvalue weighted by Gasteiger charge is 2.67. The number of Topliss-reactive ketones (excluding diaryl/α,β-unsaturated/α-hetero) is 1. The number of aliphatic carboxylic acids is 2. The highest BCUT2D eigenvalue weighted by molar-refractivity contribution is 5.86. The number of hydrogen-bond donors (Lipinski definition) is 5. The Bertz CT molecular complexity index is 1530. The van der Waals surface area contributed by atoms with Crippen molar-refractivity contribution >= 4 is 17.7 Å². The van der Waals surface area contributed by atoms with Gasteiger partial charge in [0.1, 0.15) is 5.78 Å². The van der Waals surface area contributed by atoms with E-state index in [2.05, 4.69) is 55.4 Å². The molecule has 0 bridgehead atoms. The number of carboxylic acid groups (broad SMARTS) is 2. The lowest BCUT2D eigenvalue weighted by Gasteiger charge is -2.64. The van der Waals surface area contributed by atoms with Gasteiger partial charge in [-0.3, -0.25) is 14.4 Å². The molecule has 0 spiro atoms. The monoisotopic (exact) mass is 859 g/mol.